The first-order valence-corrected chi connectivity index (χ1v) is 12.9. The van der Waals surface area contributed by atoms with Gasteiger partial charge in [-0.2, -0.15) is 13.2 Å². The topological polar surface area (TPSA) is 6.48 Å². The van der Waals surface area contributed by atoms with Gasteiger partial charge in [0.25, 0.3) is 0 Å². The van der Waals surface area contributed by atoms with Gasteiger partial charge >= 0.3 is 6.18 Å². The zero-order chi connectivity index (χ0) is 22.4. The Kier molecular flexibility index (Phi) is 9.57. The number of nitrogens with zero attached hydrogens (tertiary/aromatic N) is 2. The number of hydrogen-bond acceptors (Lipinski definition) is 2. The standard InChI is InChI=1S/C24H35BrClF3N2/c1-2-31(17-24(27,28)29)22-6-3-18(4-7-22)9-12-30-13-10-19(11-14-30)15-20-16-21(26)5-8-23(20)25/h5,8,16,18-19,22H,2-4,6-7,9-15,17H2,1H3/t18-,22-. The lowest BCUT2D eigenvalue weighted by Crippen LogP contribution is -2.43. The summed E-state index contributed by atoms with van der Waals surface area (Å²) in [4.78, 5) is 4.21. The monoisotopic (exact) mass is 522 g/mol. The normalized spacial score (nSPS) is 24.1. The maximum Gasteiger partial charge on any atom is 0.401 e. The van der Waals surface area contributed by atoms with Gasteiger partial charge in [0.15, 0.2) is 0 Å². The van der Waals surface area contributed by atoms with E-state index < -0.39 is 12.7 Å². The Morgan fingerprint density at radius 3 is 2.35 bits per heavy atom. The van der Waals surface area contributed by atoms with E-state index in [1.807, 2.05) is 19.1 Å². The first kappa shape index (κ1) is 25.3. The highest BCUT2D eigenvalue weighted by molar-refractivity contribution is 9.10. The van der Waals surface area contributed by atoms with E-state index >= 15 is 0 Å². The maximum atomic E-state index is 12.8. The second kappa shape index (κ2) is 11.7. The van der Waals surface area contributed by atoms with Crippen LogP contribution in [-0.2, 0) is 6.42 Å². The molecule has 1 saturated heterocycles. The van der Waals surface area contributed by atoms with E-state index in [9.17, 15) is 13.2 Å². The van der Waals surface area contributed by atoms with Crippen LogP contribution < -0.4 is 0 Å². The number of benzene rings is 1. The number of likely N-dealkylation sites (tertiary alicyclic amines) is 1. The molecule has 0 spiro atoms. The summed E-state index contributed by atoms with van der Waals surface area (Å²) >= 11 is 9.80. The summed E-state index contributed by atoms with van der Waals surface area (Å²) < 4.78 is 39.5. The molecule has 3 rings (SSSR count). The molecule has 1 aromatic carbocycles. The molecule has 1 aliphatic carbocycles. The molecule has 31 heavy (non-hydrogen) atoms. The molecule has 1 saturated carbocycles. The number of rotatable bonds is 8. The molecule has 1 aromatic rings. The Hall–Kier alpha value is -0.300. The fourth-order valence-corrected chi connectivity index (χ4v) is 5.92. The number of piperidine rings is 1. The molecule has 0 atom stereocenters. The predicted molar refractivity (Wildman–Crippen MR) is 126 cm³/mol. The van der Waals surface area contributed by atoms with Gasteiger partial charge in [-0.05, 0) is 113 Å². The van der Waals surface area contributed by atoms with Gasteiger partial charge in [-0.15, -0.1) is 0 Å². The zero-order valence-electron chi connectivity index (χ0n) is 18.4. The van der Waals surface area contributed by atoms with Crippen LogP contribution in [0.5, 0.6) is 0 Å². The molecule has 0 aromatic heterocycles. The maximum absolute atomic E-state index is 12.8. The summed E-state index contributed by atoms with van der Waals surface area (Å²) in [6.07, 6.45) is 4.55. The Morgan fingerprint density at radius 2 is 1.74 bits per heavy atom. The summed E-state index contributed by atoms with van der Waals surface area (Å²) in [6.45, 7) is 4.98. The van der Waals surface area contributed by atoms with Crippen molar-refractivity contribution in [1.82, 2.24) is 9.80 Å². The third kappa shape index (κ3) is 8.21. The van der Waals surface area contributed by atoms with Crippen LogP contribution in [-0.4, -0.2) is 54.7 Å². The van der Waals surface area contributed by atoms with Crippen LogP contribution in [0.1, 0.15) is 57.4 Å². The number of alkyl halides is 3. The molecule has 2 fully saturated rings. The van der Waals surface area contributed by atoms with E-state index in [1.165, 1.54) is 24.8 Å². The van der Waals surface area contributed by atoms with E-state index in [-0.39, 0.29) is 6.04 Å². The lowest BCUT2D eigenvalue weighted by atomic mass is 9.83. The molecule has 0 unspecified atom stereocenters. The van der Waals surface area contributed by atoms with Crippen LogP contribution in [0.25, 0.3) is 0 Å². The predicted octanol–water partition coefficient (Wildman–Crippen LogP) is 7.19. The average molecular weight is 524 g/mol. The molecule has 176 valence electrons. The molecular formula is C24H35BrClF3N2. The van der Waals surface area contributed by atoms with Crippen molar-refractivity contribution < 1.29 is 13.2 Å². The third-order valence-corrected chi connectivity index (χ3v) is 8.21. The Balaban J connectivity index is 1.34. The molecule has 0 amide bonds. The first-order valence-electron chi connectivity index (χ1n) is 11.7. The van der Waals surface area contributed by atoms with Crippen LogP contribution in [0.2, 0.25) is 5.02 Å². The van der Waals surface area contributed by atoms with Crippen molar-refractivity contribution in [1.29, 1.82) is 0 Å². The largest absolute Gasteiger partial charge is 0.401 e. The second-order valence-corrected chi connectivity index (χ2v) is 10.7. The van der Waals surface area contributed by atoms with Gasteiger partial charge in [-0.25, -0.2) is 0 Å². The molecular weight excluding hydrogens is 489 g/mol. The fourth-order valence-electron chi connectivity index (χ4n) is 5.32. The van der Waals surface area contributed by atoms with E-state index in [1.54, 1.807) is 4.90 Å². The van der Waals surface area contributed by atoms with Gasteiger partial charge in [0.05, 0.1) is 6.54 Å². The van der Waals surface area contributed by atoms with Crippen LogP contribution in [0.3, 0.4) is 0 Å². The van der Waals surface area contributed by atoms with Gasteiger partial charge in [0.2, 0.25) is 0 Å². The fraction of sp³-hybridized carbons (Fsp3) is 0.750. The summed E-state index contributed by atoms with van der Waals surface area (Å²) in [7, 11) is 0. The number of halogens is 5. The molecule has 7 heteroatoms. The second-order valence-electron chi connectivity index (χ2n) is 9.37. The van der Waals surface area contributed by atoms with Crippen LogP contribution in [0.15, 0.2) is 22.7 Å². The van der Waals surface area contributed by atoms with Crippen molar-refractivity contribution in [3.05, 3.63) is 33.3 Å². The Morgan fingerprint density at radius 1 is 1.06 bits per heavy atom. The summed E-state index contributed by atoms with van der Waals surface area (Å²) in [6, 6.07) is 6.12. The molecule has 0 radical (unpaired) electrons. The lowest BCUT2D eigenvalue weighted by molar-refractivity contribution is -0.152. The van der Waals surface area contributed by atoms with Gasteiger partial charge in [0, 0.05) is 15.5 Å². The van der Waals surface area contributed by atoms with Crippen molar-refractivity contribution in [3.63, 3.8) is 0 Å². The highest BCUT2D eigenvalue weighted by Gasteiger charge is 2.34. The van der Waals surface area contributed by atoms with Crippen molar-refractivity contribution in [2.75, 3.05) is 32.7 Å². The molecule has 1 heterocycles. The minimum Gasteiger partial charge on any atom is -0.303 e. The van der Waals surface area contributed by atoms with Crippen LogP contribution >= 0.6 is 27.5 Å². The van der Waals surface area contributed by atoms with Crippen LogP contribution in [0.4, 0.5) is 13.2 Å². The number of hydrogen-bond donors (Lipinski definition) is 0. The first-order chi connectivity index (χ1) is 14.7. The van der Waals surface area contributed by atoms with E-state index in [2.05, 4.69) is 26.9 Å². The van der Waals surface area contributed by atoms with Crippen LogP contribution in [0, 0.1) is 11.8 Å². The van der Waals surface area contributed by atoms with Gasteiger partial charge in [0.1, 0.15) is 0 Å². The van der Waals surface area contributed by atoms with Crippen molar-refractivity contribution in [3.8, 4) is 0 Å². The molecule has 0 bridgehead atoms. The van der Waals surface area contributed by atoms with E-state index in [0.717, 1.165) is 61.2 Å². The molecule has 2 aliphatic rings. The quantitative estimate of drug-likeness (QED) is 0.356. The zero-order valence-corrected chi connectivity index (χ0v) is 20.8. The highest BCUT2D eigenvalue weighted by Crippen LogP contribution is 2.32. The van der Waals surface area contributed by atoms with Crippen molar-refractivity contribution in [2.45, 2.75) is 70.5 Å². The van der Waals surface area contributed by atoms with Crippen molar-refractivity contribution in [2.24, 2.45) is 11.8 Å². The minimum absolute atomic E-state index is 0.101. The van der Waals surface area contributed by atoms with Crippen molar-refractivity contribution >= 4 is 27.5 Å². The third-order valence-electron chi connectivity index (χ3n) is 7.20. The van der Waals surface area contributed by atoms with Gasteiger partial charge in [-0.3, -0.25) is 4.90 Å². The van der Waals surface area contributed by atoms with E-state index in [0.29, 0.717) is 18.4 Å². The molecule has 1 aliphatic heterocycles. The smallest absolute Gasteiger partial charge is 0.303 e. The molecule has 0 N–H and O–H groups in total. The Bertz CT molecular complexity index is 684. The average Bonchev–Trinajstić information content (AvgIpc) is 2.74. The van der Waals surface area contributed by atoms with E-state index in [4.69, 9.17) is 11.6 Å². The Labute approximate surface area is 198 Å². The van der Waals surface area contributed by atoms with Gasteiger partial charge < -0.3 is 4.90 Å². The minimum atomic E-state index is -4.10. The SMILES string of the molecule is CCN(CC(F)(F)F)[C@H]1CC[C@H](CCN2CCC(Cc3cc(Cl)ccc3Br)CC2)CC1. The summed E-state index contributed by atoms with van der Waals surface area (Å²) in [5.41, 5.74) is 1.30. The van der Waals surface area contributed by atoms with Gasteiger partial charge in [-0.1, -0.05) is 34.5 Å². The lowest BCUT2D eigenvalue weighted by Gasteiger charge is -2.38. The molecule has 2 nitrogen and oxygen atoms in total. The summed E-state index contributed by atoms with van der Waals surface area (Å²) in [5.74, 6) is 1.37. The highest BCUT2D eigenvalue weighted by atomic mass is 79.9. The summed E-state index contributed by atoms with van der Waals surface area (Å²) in [5, 5.41) is 0.797.